The lowest BCUT2D eigenvalue weighted by atomic mass is 10.1. The van der Waals surface area contributed by atoms with E-state index in [1.54, 1.807) is 30.3 Å². The molecule has 1 aliphatic rings. The smallest absolute Gasteiger partial charge is 0.337 e. The molecule has 0 saturated carbocycles. The summed E-state index contributed by atoms with van der Waals surface area (Å²) in [7, 11) is 0. The molecule has 2 N–H and O–H groups in total. The SMILES string of the molecule is O=C(O)c1cccc2c1Nc1cccc(Cl)c1O2. The maximum atomic E-state index is 11.1. The minimum Gasteiger partial charge on any atom is -0.478 e. The Morgan fingerprint density at radius 3 is 2.78 bits per heavy atom. The lowest BCUT2D eigenvalue weighted by Gasteiger charge is -2.23. The van der Waals surface area contributed by atoms with Gasteiger partial charge in [0.1, 0.15) is 0 Å². The van der Waals surface area contributed by atoms with Crippen molar-refractivity contribution in [2.75, 3.05) is 5.32 Å². The van der Waals surface area contributed by atoms with Crippen molar-refractivity contribution in [3.05, 3.63) is 47.0 Å². The van der Waals surface area contributed by atoms with Crippen molar-refractivity contribution in [3.8, 4) is 11.5 Å². The molecule has 0 bridgehead atoms. The average Bonchev–Trinajstić information content (AvgIpc) is 2.36. The van der Waals surface area contributed by atoms with Crippen molar-refractivity contribution in [2.24, 2.45) is 0 Å². The Balaban J connectivity index is 2.16. The summed E-state index contributed by atoms with van der Waals surface area (Å²) in [5.41, 5.74) is 1.27. The maximum Gasteiger partial charge on any atom is 0.337 e. The normalized spacial score (nSPS) is 11.8. The molecular formula is C13H8ClNO3. The number of benzene rings is 2. The molecular weight excluding hydrogens is 254 g/mol. The van der Waals surface area contributed by atoms with Crippen LogP contribution in [-0.2, 0) is 0 Å². The fourth-order valence-corrected chi connectivity index (χ4v) is 2.09. The molecule has 2 aromatic carbocycles. The summed E-state index contributed by atoms with van der Waals surface area (Å²) in [5.74, 6) is -0.0434. The van der Waals surface area contributed by atoms with Gasteiger partial charge in [-0.1, -0.05) is 23.7 Å². The number of hydrogen-bond donors (Lipinski definition) is 2. The lowest BCUT2D eigenvalue weighted by Crippen LogP contribution is -2.08. The minimum absolute atomic E-state index is 0.165. The molecule has 18 heavy (non-hydrogen) atoms. The molecule has 2 aromatic rings. The lowest BCUT2D eigenvalue weighted by molar-refractivity contribution is 0.0697. The number of carbonyl (C=O) groups is 1. The highest BCUT2D eigenvalue weighted by Gasteiger charge is 2.23. The first-order valence-electron chi connectivity index (χ1n) is 5.26. The predicted molar refractivity (Wildman–Crippen MR) is 68.2 cm³/mol. The standard InChI is InChI=1S/C13H8ClNO3/c14-8-4-2-5-9-12(8)18-10-6-1-3-7(13(16)17)11(10)15-9/h1-6,15H,(H,16,17). The number of carboxylic acids is 1. The van der Waals surface area contributed by atoms with Gasteiger partial charge in [-0.15, -0.1) is 0 Å². The highest BCUT2D eigenvalue weighted by atomic mass is 35.5. The van der Waals surface area contributed by atoms with Gasteiger partial charge in [0.2, 0.25) is 0 Å². The van der Waals surface area contributed by atoms with Gasteiger partial charge in [0, 0.05) is 0 Å². The number of nitrogens with one attached hydrogen (secondary N) is 1. The third kappa shape index (κ3) is 1.58. The molecule has 5 heteroatoms. The number of aromatic carboxylic acids is 1. The van der Waals surface area contributed by atoms with Gasteiger partial charge in [0.25, 0.3) is 0 Å². The fourth-order valence-electron chi connectivity index (χ4n) is 1.88. The number of para-hydroxylation sites is 2. The molecule has 0 aromatic heterocycles. The molecule has 4 nitrogen and oxygen atoms in total. The van der Waals surface area contributed by atoms with Gasteiger partial charge < -0.3 is 15.2 Å². The molecule has 0 amide bonds. The first kappa shape index (κ1) is 10.9. The van der Waals surface area contributed by atoms with Gasteiger partial charge in [-0.3, -0.25) is 0 Å². The minimum atomic E-state index is -1.01. The number of hydrogen-bond acceptors (Lipinski definition) is 3. The van der Waals surface area contributed by atoms with Crippen LogP contribution in [0.25, 0.3) is 0 Å². The molecule has 0 atom stereocenters. The van der Waals surface area contributed by atoms with Gasteiger partial charge in [0.05, 0.1) is 22.0 Å². The highest BCUT2D eigenvalue weighted by Crippen LogP contribution is 2.46. The zero-order valence-electron chi connectivity index (χ0n) is 9.11. The van der Waals surface area contributed by atoms with Crippen LogP contribution in [-0.4, -0.2) is 11.1 Å². The van der Waals surface area contributed by atoms with Crippen LogP contribution in [0.4, 0.5) is 11.4 Å². The van der Waals surface area contributed by atoms with Crippen molar-refractivity contribution in [1.82, 2.24) is 0 Å². The molecule has 0 saturated heterocycles. The molecule has 1 aliphatic heterocycles. The van der Waals surface area contributed by atoms with Crippen molar-refractivity contribution in [1.29, 1.82) is 0 Å². The molecule has 90 valence electrons. The molecule has 0 aliphatic carbocycles. The number of carboxylic acid groups (broad SMARTS) is 1. The number of rotatable bonds is 1. The van der Waals surface area contributed by atoms with Crippen LogP contribution < -0.4 is 10.1 Å². The summed E-state index contributed by atoms with van der Waals surface area (Å²) in [6, 6.07) is 10.1. The highest BCUT2D eigenvalue weighted by molar-refractivity contribution is 6.32. The third-order valence-corrected chi connectivity index (χ3v) is 2.99. The van der Waals surface area contributed by atoms with E-state index in [-0.39, 0.29) is 5.56 Å². The van der Waals surface area contributed by atoms with E-state index in [4.69, 9.17) is 21.4 Å². The van der Waals surface area contributed by atoms with Crippen molar-refractivity contribution in [2.45, 2.75) is 0 Å². The Morgan fingerprint density at radius 1 is 1.22 bits per heavy atom. The van der Waals surface area contributed by atoms with Crippen molar-refractivity contribution < 1.29 is 14.6 Å². The summed E-state index contributed by atoms with van der Waals surface area (Å²) in [4.78, 5) is 11.1. The summed E-state index contributed by atoms with van der Waals surface area (Å²) >= 11 is 6.03. The van der Waals surface area contributed by atoms with Crippen molar-refractivity contribution in [3.63, 3.8) is 0 Å². The van der Waals surface area contributed by atoms with Crippen LogP contribution in [0.15, 0.2) is 36.4 Å². The summed E-state index contributed by atoms with van der Waals surface area (Å²) in [6.07, 6.45) is 0. The molecule has 0 fully saturated rings. The number of ether oxygens (including phenoxy) is 1. The van der Waals surface area contributed by atoms with Crippen LogP contribution in [0.2, 0.25) is 5.02 Å². The maximum absolute atomic E-state index is 11.1. The monoisotopic (exact) mass is 261 g/mol. The zero-order valence-corrected chi connectivity index (χ0v) is 9.86. The number of halogens is 1. The van der Waals surface area contributed by atoms with E-state index in [1.807, 2.05) is 0 Å². The second kappa shape index (κ2) is 3.92. The van der Waals surface area contributed by atoms with Crippen LogP contribution in [0.3, 0.4) is 0 Å². The average molecular weight is 262 g/mol. The summed E-state index contributed by atoms with van der Waals surface area (Å²) in [6.45, 7) is 0. The van der Waals surface area contributed by atoms with E-state index in [9.17, 15) is 4.79 Å². The van der Waals surface area contributed by atoms with Crippen molar-refractivity contribution >= 4 is 28.9 Å². The van der Waals surface area contributed by atoms with Gasteiger partial charge in [-0.05, 0) is 24.3 Å². The number of anilines is 2. The van der Waals surface area contributed by atoms with E-state index in [1.165, 1.54) is 6.07 Å². The Hall–Kier alpha value is -2.20. The molecule has 3 rings (SSSR count). The van der Waals surface area contributed by atoms with E-state index in [0.717, 1.165) is 0 Å². The fraction of sp³-hybridized carbons (Fsp3) is 0. The van der Waals surface area contributed by atoms with Gasteiger partial charge in [-0.25, -0.2) is 4.79 Å². The van der Waals surface area contributed by atoms with Crippen LogP contribution in [0, 0.1) is 0 Å². The van der Waals surface area contributed by atoms with Gasteiger partial charge in [0.15, 0.2) is 11.5 Å². The molecule has 1 heterocycles. The third-order valence-electron chi connectivity index (χ3n) is 2.70. The second-order valence-corrected chi connectivity index (χ2v) is 4.23. The van der Waals surface area contributed by atoms with Crippen LogP contribution >= 0.6 is 11.6 Å². The summed E-state index contributed by atoms with van der Waals surface area (Å²) < 4.78 is 5.64. The number of fused-ring (bicyclic) bond motifs is 2. The first-order chi connectivity index (χ1) is 8.66. The Bertz CT molecular complexity index is 655. The first-order valence-corrected chi connectivity index (χ1v) is 5.64. The van der Waals surface area contributed by atoms with Gasteiger partial charge in [-0.2, -0.15) is 0 Å². The molecule has 0 unspecified atom stereocenters. The van der Waals surface area contributed by atoms with Crippen LogP contribution in [0.1, 0.15) is 10.4 Å². The quantitative estimate of drug-likeness (QED) is 0.698. The van der Waals surface area contributed by atoms with E-state index in [0.29, 0.717) is 27.9 Å². The Kier molecular flexibility index (Phi) is 2.38. The Morgan fingerprint density at radius 2 is 2.00 bits per heavy atom. The zero-order chi connectivity index (χ0) is 12.7. The Labute approximate surface area is 108 Å². The van der Waals surface area contributed by atoms with E-state index >= 15 is 0 Å². The predicted octanol–water partition coefficient (Wildman–Crippen LogP) is 3.89. The van der Waals surface area contributed by atoms with E-state index in [2.05, 4.69) is 5.32 Å². The summed E-state index contributed by atoms with van der Waals surface area (Å²) in [5, 5.41) is 12.6. The van der Waals surface area contributed by atoms with E-state index < -0.39 is 5.97 Å². The molecule has 0 spiro atoms. The second-order valence-electron chi connectivity index (χ2n) is 3.83. The van der Waals surface area contributed by atoms with Gasteiger partial charge >= 0.3 is 5.97 Å². The molecule has 0 radical (unpaired) electrons. The topological polar surface area (TPSA) is 58.6 Å². The van der Waals surface area contributed by atoms with Crippen LogP contribution in [0.5, 0.6) is 11.5 Å². The largest absolute Gasteiger partial charge is 0.478 e.